The molecule has 10 heteroatoms. The Morgan fingerprint density at radius 3 is 2.63 bits per heavy atom. The first-order valence-electron chi connectivity index (χ1n) is 11.9. The summed E-state index contributed by atoms with van der Waals surface area (Å²) < 4.78 is 20.7. The molecule has 35 heavy (non-hydrogen) atoms. The maximum absolute atomic E-state index is 13.3. The predicted octanol–water partition coefficient (Wildman–Crippen LogP) is 3.88. The summed E-state index contributed by atoms with van der Waals surface area (Å²) in [4.78, 5) is 15.5. The number of fused-ring (bicyclic) bond motifs is 1. The number of hydrogen-bond acceptors (Lipinski definition) is 8. The monoisotopic (exact) mass is 497 g/mol. The topological polar surface area (TPSA) is 83.6 Å². The van der Waals surface area contributed by atoms with E-state index in [0.717, 1.165) is 64.9 Å². The van der Waals surface area contributed by atoms with E-state index in [1.807, 2.05) is 38.1 Å². The molecule has 5 rings (SSSR count). The molecule has 0 N–H and O–H groups in total. The van der Waals surface area contributed by atoms with Crippen molar-refractivity contribution in [2.24, 2.45) is 5.92 Å². The summed E-state index contributed by atoms with van der Waals surface area (Å²) >= 11 is 1.45. The molecule has 0 atom stereocenters. The summed E-state index contributed by atoms with van der Waals surface area (Å²) in [5.41, 5.74) is 3.57. The lowest BCUT2D eigenvalue weighted by Crippen LogP contribution is -2.38. The largest absolute Gasteiger partial charge is 0.454 e. The molecule has 0 bridgehead atoms. The molecule has 2 aliphatic heterocycles. The third-order valence-corrected chi connectivity index (χ3v) is 7.18. The molecule has 4 heterocycles. The summed E-state index contributed by atoms with van der Waals surface area (Å²) in [5.74, 6) is 3.12. The van der Waals surface area contributed by atoms with Crippen LogP contribution in [0.15, 0.2) is 29.4 Å². The zero-order chi connectivity index (χ0) is 24.5. The van der Waals surface area contributed by atoms with E-state index < -0.39 is 0 Å². The molecule has 1 saturated heterocycles. The molecule has 0 spiro atoms. The minimum Gasteiger partial charge on any atom is -0.454 e. The van der Waals surface area contributed by atoms with Crippen molar-refractivity contribution in [2.45, 2.75) is 39.4 Å². The first kappa shape index (κ1) is 23.7. The van der Waals surface area contributed by atoms with Gasteiger partial charge in [0.2, 0.25) is 12.7 Å². The molecule has 2 aromatic heterocycles. The van der Waals surface area contributed by atoms with Crippen LogP contribution in [0, 0.1) is 19.8 Å². The van der Waals surface area contributed by atoms with E-state index in [0.29, 0.717) is 24.9 Å². The maximum Gasteiger partial charge on any atom is 0.231 e. The summed E-state index contributed by atoms with van der Waals surface area (Å²) in [6.07, 6.45) is 0. The van der Waals surface area contributed by atoms with Crippen LogP contribution in [0.3, 0.4) is 0 Å². The van der Waals surface area contributed by atoms with Crippen LogP contribution in [0.25, 0.3) is 5.69 Å². The van der Waals surface area contributed by atoms with Gasteiger partial charge in [-0.15, -0.1) is 10.2 Å². The summed E-state index contributed by atoms with van der Waals surface area (Å²) in [7, 11) is 0. The van der Waals surface area contributed by atoms with Crippen molar-refractivity contribution < 1.29 is 19.0 Å². The SMILES string of the molecule is Cc1cc(C(=O)CSc2nnc(N3CCOCC3)n2CC(C)C)c(C)n1-c1ccc2c(c1)OCO2. The van der Waals surface area contributed by atoms with E-state index in [2.05, 4.69) is 38.1 Å². The van der Waals surface area contributed by atoms with Crippen LogP contribution in [0.4, 0.5) is 5.95 Å². The number of ether oxygens (including phenoxy) is 3. The van der Waals surface area contributed by atoms with Crippen molar-refractivity contribution in [3.8, 4) is 17.2 Å². The Hall–Kier alpha value is -2.98. The van der Waals surface area contributed by atoms with E-state index in [1.165, 1.54) is 11.8 Å². The van der Waals surface area contributed by atoms with Gasteiger partial charge in [0.05, 0.1) is 19.0 Å². The molecule has 0 unspecified atom stereocenters. The van der Waals surface area contributed by atoms with Gasteiger partial charge in [0, 0.05) is 48.3 Å². The minimum absolute atomic E-state index is 0.0714. The molecule has 1 aromatic carbocycles. The number of thioether (sulfide) groups is 1. The zero-order valence-electron chi connectivity index (χ0n) is 20.6. The van der Waals surface area contributed by atoms with Gasteiger partial charge in [-0.2, -0.15) is 0 Å². The van der Waals surface area contributed by atoms with Gasteiger partial charge in [-0.25, -0.2) is 0 Å². The number of rotatable bonds is 8. The summed E-state index contributed by atoms with van der Waals surface area (Å²) in [5, 5.41) is 9.69. The van der Waals surface area contributed by atoms with Gasteiger partial charge in [0.15, 0.2) is 22.4 Å². The van der Waals surface area contributed by atoms with Gasteiger partial charge in [-0.3, -0.25) is 9.36 Å². The number of aryl methyl sites for hydroxylation is 1. The van der Waals surface area contributed by atoms with Gasteiger partial charge < -0.3 is 23.7 Å². The number of nitrogens with zero attached hydrogens (tertiary/aromatic N) is 5. The lowest BCUT2D eigenvalue weighted by molar-refractivity contribution is 0.102. The maximum atomic E-state index is 13.3. The molecule has 0 radical (unpaired) electrons. The van der Waals surface area contributed by atoms with Crippen molar-refractivity contribution in [3.05, 3.63) is 41.2 Å². The van der Waals surface area contributed by atoms with Crippen molar-refractivity contribution >= 4 is 23.5 Å². The number of morpholine rings is 1. The molecule has 0 aliphatic carbocycles. The second-order valence-corrected chi connectivity index (χ2v) is 10.2. The lowest BCUT2D eigenvalue weighted by Gasteiger charge is -2.28. The molecule has 0 amide bonds. The Morgan fingerprint density at radius 1 is 1.09 bits per heavy atom. The second-order valence-electron chi connectivity index (χ2n) is 9.26. The molecule has 9 nitrogen and oxygen atoms in total. The smallest absolute Gasteiger partial charge is 0.231 e. The van der Waals surface area contributed by atoms with Crippen molar-refractivity contribution in [2.75, 3.05) is 43.7 Å². The number of benzene rings is 1. The second kappa shape index (κ2) is 9.94. The van der Waals surface area contributed by atoms with Crippen LogP contribution in [-0.4, -0.2) is 64.0 Å². The minimum atomic E-state index is 0.0714. The fourth-order valence-corrected chi connectivity index (χ4v) is 5.41. The standard InChI is InChI=1S/C25H31N5O4S/c1-16(2)13-29-24(28-7-9-32-10-8-28)26-27-25(29)35-14-21(31)20-11-17(3)30(18(20)4)19-5-6-22-23(12-19)34-15-33-22/h5-6,11-12,16H,7-10,13-15H2,1-4H3. The average molecular weight is 498 g/mol. The van der Waals surface area contributed by atoms with Crippen LogP contribution >= 0.6 is 11.8 Å². The third kappa shape index (κ3) is 4.77. The van der Waals surface area contributed by atoms with Crippen LogP contribution in [0.5, 0.6) is 11.5 Å². The third-order valence-electron chi connectivity index (χ3n) is 6.22. The quantitative estimate of drug-likeness (QED) is 0.343. The van der Waals surface area contributed by atoms with Crippen LogP contribution in [-0.2, 0) is 11.3 Å². The Bertz CT molecular complexity index is 1230. The number of aromatic nitrogens is 4. The van der Waals surface area contributed by atoms with E-state index in [4.69, 9.17) is 14.2 Å². The van der Waals surface area contributed by atoms with Gasteiger partial charge in [0.25, 0.3) is 0 Å². The van der Waals surface area contributed by atoms with Crippen LogP contribution in [0.1, 0.15) is 35.6 Å². The number of carbonyl (C=O) groups excluding carboxylic acids is 1. The highest BCUT2D eigenvalue weighted by molar-refractivity contribution is 7.99. The summed E-state index contributed by atoms with van der Waals surface area (Å²) in [6.45, 7) is 12.3. The van der Waals surface area contributed by atoms with Gasteiger partial charge in [-0.1, -0.05) is 25.6 Å². The average Bonchev–Trinajstić information content (AvgIpc) is 3.54. The molecule has 2 aliphatic rings. The number of hydrogen-bond donors (Lipinski definition) is 0. The van der Waals surface area contributed by atoms with Crippen molar-refractivity contribution in [3.63, 3.8) is 0 Å². The van der Waals surface area contributed by atoms with E-state index in [-0.39, 0.29) is 12.6 Å². The number of Topliss-reactive ketones (excluding diaryl/α,β-unsaturated/α-hetero) is 1. The summed E-state index contributed by atoms with van der Waals surface area (Å²) in [6, 6.07) is 7.80. The van der Waals surface area contributed by atoms with Crippen molar-refractivity contribution in [1.82, 2.24) is 19.3 Å². The number of ketones is 1. The highest BCUT2D eigenvalue weighted by Gasteiger charge is 2.23. The highest BCUT2D eigenvalue weighted by atomic mass is 32.2. The number of carbonyl (C=O) groups is 1. The molecule has 0 saturated carbocycles. The Kier molecular flexibility index (Phi) is 6.75. The predicted molar refractivity (Wildman–Crippen MR) is 134 cm³/mol. The van der Waals surface area contributed by atoms with Gasteiger partial charge in [0.1, 0.15) is 0 Å². The van der Waals surface area contributed by atoms with E-state index in [1.54, 1.807) is 0 Å². The fourth-order valence-electron chi connectivity index (χ4n) is 4.58. The first-order chi connectivity index (χ1) is 16.9. The highest BCUT2D eigenvalue weighted by Crippen LogP contribution is 2.35. The first-order valence-corrected chi connectivity index (χ1v) is 12.9. The zero-order valence-corrected chi connectivity index (χ0v) is 21.4. The van der Waals surface area contributed by atoms with Crippen LogP contribution < -0.4 is 14.4 Å². The molecular weight excluding hydrogens is 466 g/mol. The molecule has 186 valence electrons. The number of anilines is 1. The van der Waals surface area contributed by atoms with Gasteiger partial charge in [-0.05, 0) is 38.0 Å². The van der Waals surface area contributed by atoms with Crippen LogP contribution in [0.2, 0.25) is 0 Å². The Balaban J connectivity index is 1.34. The molecule has 3 aromatic rings. The van der Waals surface area contributed by atoms with Crippen molar-refractivity contribution in [1.29, 1.82) is 0 Å². The molecular formula is C25H31N5O4S. The lowest BCUT2D eigenvalue weighted by atomic mass is 10.2. The fraction of sp³-hybridized carbons (Fsp3) is 0.480. The van der Waals surface area contributed by atoms with E-state index >= 15 is 0 Å². The Morgan fingerprint density at radius 2 is 1.86 bits per heavy atom. The Labute approximate surface area is 209 Å². The molecule has 1 fully saturated rings. The normalized spacial score (nSPS) is 15.3. The van der Waals surface area contributed by atoms with E-state index in [9.17, 15) is 4.79 Å². The van der Waals surface area contributed by atoms with Gasteiger partial charge >= 0.3 is 0 Å².